The molecule has 2 aromatic rings. The number of hydrogen-bond acceptors (Lipinski definition) is 2. The molecule has 0 aliphatic heterocycles. The van der Waals surface area contributed by atoms with Crippen LogP contribution in [-0.2, 0) is 4.79 Å². The van der Waals surface area contributed by atoms with E-state index in [9.17, 15) is 9.90 Å². The summed E-state index contributed by atoms with van der Waals surface area (Å²) >= 11 is 0. The maximum Gasteiger partial charge on any atom is 0.231 e. The van der Waals surface area contributed by atoms with Crippen LogP contribution in [0.3, 0.4) is 0 Å². The van der Waals surface area contributed by atoms with Gasteiger partial charge in [-0.25, -0.2) is 0 Å². The molecule has 0 aliphatic carbocycles. The van der Waals surface area contributed by atoms with Gasteiger partial charge in [-0.1, -0.05) is 36.4 Å². The topological polar surface area (TPSA) is 49.3 Å². The van der Waals surface area contributed by atoms with E-state index in [0.29, 0.717) is 5.69 Å². The van der Waals surface area contributed by atoms with Gasteiger partial charge in [-0.15, -0.1) is 0 Å². The number of anilines is 1. The number of phenols is 1. The molecule has 0 unspecified atom stereocenters. The lowest BCUT2D eigenvalue weighted by Crippen LogP contribution is -2.18. The maximum absolute atomic E-state index is 12.0. The van der Waals surface area contributed by atoms with Gasteiger partial charge in [0.25, 0.3) is 0 Å². The summed E-state index contributed by atoms with van der Waals surface area (Å²) in [5.74, 6) is -0.180. The van der Waals surface area contributed by atoms with Crippen LogP contribution in [0.4, 0.5) is 5.69 Å². The molecule has 3 nitrogen and oxygen atoms in total. The number of nitrogens with one attached hydrogen (secondary N) is 1. The monoisotopic (exact) mass is 241 g/mol. The summed E-state index contributed by atoms with van der Waals surface area (Å²) in [5.41, 5.74) is 1.57. The van der Waals surface area contributed by atoms with Crippen molar-refractivity contribution in [1.82, 2.24) is 0 Å². The average molecular weight is 241 g/mol. The first-order valence-corrected chi connectivity index (χ1v) is 5.81. The zero-order chi connectivity index (χ0) is 13.0. The Morgan fingerprint density at radius 3 is 2.50 bits per heavy atom. The molecule has 0 aromatic heterocycles. The molecule has 0 heterocycles. The van der Waals surface area contributed by atoms with Gasteiger partial charge >= 0.3 is 0 Å². The van der Waals surface area contributed by atoms with E-state index >= 15 is 0 Å². The largest absolute Gasteiger partial charge is 0.508 e. The molecule has 1 amide bonds. The molecule has 0 aliphatic rings. The van der Waals surface area contributed by atoms with Gasteiger partial charge in [0.05, 0.1) is 5.92 Å². The highest BCUT2D eigenvalue weighted by Crippen LogP contribution is 2.19. The van der Waals surface area contributed by atoms with E-state index in [0.717, 1.165) is 5.56 Å². The molecule has 0 spiro atoms. The predicted molar refractivity (Wildman–Crippen MR) is 71.6 cm³/mol. The third-order valence-corrected chi connectivity index (χ3v) is 2.81. The van der Waals surface area contributed by atoms with Crippen LogP contribution in [0, 0.1) is 0 Å². The van der Waals surface area contributed by atoms with Crippen molar-refractivity contribution in [2.24, 2.45) is 0 Å². The second kappa shape index (κ2) is 5.36. The molecular weight excluding hydrogens is 226 g/mol. The van der Waals surface area contributed by atoms with E-state index in [4.69, 9.17) is 0 Å². The minimum absolute atomic E-state index is 0.0909. The minimum Gasteiger partial charge on any atom is -0.508 e. The van der Waals surface area contributed by atoms with E-state index < -0.39 is 0 Å². The van der Waals surface area contributed by atoms with Crippen molar-refractivity contribution < 1.29 is 9.90 Å². The highest BCUT2D eigenvalue weighted by Gasteiger charge is 2.14. The smallest absolute Gasteiger partial charge is 0.231 e. The first-order chi connectivity index (χ1) is 8.66. The quantitative estimate of drug-likeness (QED) is 0.867. The fraction of sp³-hybridized carbons (Fsp3) is 0.133. The molecule has 92 valence electrons. The van der Waals surface area contributed by atoms with Crippen LogP contribution >= 0.6 is 0 Å². The van der Waals surface area contributed by atoms with Gasteiger partial charge in [0, 0.05) is 11.8 Å². The molecule has 18 heavy (non-hydrogen) atoms. The Bertz CT molecular complexity index is 537. The summed E-state index contributed by atoms with van der Waals surface area (Å²) in [7, 11) is 0. The molecule has 0 radical (unpaired) electrons. The van der Waals surface area contributed by atoms with Crippen LogP contribution in [0.2, 0.25) is 0 Å². The molecular formula is C15H15NO2. The highest BCUT2D eigenvalue weighted by atomic mass is 16.3. The van der Waals surface area contributed by atoms with Crippen LogP contribution in [0.15, 0.2) is 54.6 Å². The lowest BCUT2D eigenvalue weighted by Gasteiger charge is -2.12. The molecule has 2 aromatic carbocycles. The Morgan fingerprint density at radius 1 is 1.11 bits per heavy atom. The summed E-state index contributed by atoms with van der Waals surface area (Å²) in [6.45, 7) is 1.85. The molecule has 0 saturated carbocycles. The van der Waals surface area contributed by atoms with Crippen molar-refractivity contribution in [1.29, 1.82) is 0 Å². The zero-order valence-electron chi connectivity index (χ0n) is 10.1. The van der Waals surface area contributed by atoms with E-state index in [1.807, 2.05) is 37.3 Å². The first-order valence-electron chi connectivity index (χ1n) is 5.81. The Balaban J connectivity index is 2.09. The van der Waals surface area contributed by atoms with Crippen molar-refractivity contribution >= 4 is 11.6 Å². The van der Waals surface area contributed by atoms with E-state index in [-0.39, 0.29) is 17.6 Å². The van der Waals surface area contributed by atoms with E-state index in [1.54, 1.807) is 18.2 Å². The van der Waals surface area contributed by atoms with E-state index in [2.05, 4.69) is 5.32 Å². The van der Waals surface area contributed by atoms with Crippen LogP contribution in [-0.4, -0.2) is 11.0 Å². The van der Waals surface area contributed by atoms with Crippen LogP contribution in [0.25, 0.3) is 0 Å². The highest BCUT2D eigenvalue weighted by molar-refractivity contribution is 5.95. The minimum atomic E-state index is -0.228. The normalized spacial score (nSPS) is 11.8. The van der Waals surface area contributed by atoms with Gasteiger partial charge in [0.1, 0.15) is 5.75 Å². The summed E-state index contributed by atoms with van der Waals surface area (Å²) in [5, 5.41) is 12.1. The SMILES string of the molecule is C[C@H](C(=O)Nc1cccc(O)c1)c1ccccc1. The second-order valence-corrected chi connectivity index (χ2v) is 4.17. The molecule has 0 fully saturated rings. The van der Waals surface area contributed by atoms with Crippen LogP contribution < -0.4 is 5.32 Å². The summed E-state index contributed by atoms with van der Waals surface area (Å²) in [4.78, 5) is 12.0. The van der Waals surface area contributed by atoms with E-state index in [1.165, 1.54) is 6.07 Å². The number of carbonyl (C=O) groups excluding carboxylic acids is 1. The maximum atomic E-state index is 12.0. The van der Waals surface area contributed by atoms with Gasteiger partial charge in [0.15, 0.2) is 0 Å². The Kier molecular flexibility index (Phi) is 3.63. The van der Waals surface area contributed by atoms with Gasteiger partial charge in [-0.2, -0.15) is 0 Å². The third kappa shape index (κ3) is 2.88. The van der Waals surface area contributed by atoms with Crippen molar-refractivity contribution in [3.05, 3.63) is 60.2 Å². The summed E-state index contributed by atoms with van der Waals surface area (Å²) in [6, 6.07) is 16.1. The Hall–Kier alpha value is -2.29. The molecule has 1 atom stereocenters. The van der Waals surface area contributed by atoms with Gasteiger partial charge in [-0.3, -0.25) is 4.79 Å². The molecule has 2 rings (SSSR count). The lowest BCUT2D eigenvalue weighted by molar-refractivity contribution is -0.117. The third-order valence-electron chi connectivity index (χ3n) is 2.81. The number of hydrogen-bond donors (Lipinski definition) is 2. The standard InChI is InChI=1S/C15H15NO2/c1-11(12-6-3-2-4-7-12)15(18)16-13-8-5-9-14(17)10-13/h2-11,17H,1H3,(H,16,18)/t11-/m0/s1. The number of amides is 1. The van der Waals surface area contributed by atoms with Crippen molar-refractivity contribution in [2.45, 2.75) is 12.8 Å². The number of rotatable bonds is 3. The number of carbonyl (C=O) groups is 1. The molecule has 0 saturated heterocycles. The van der Waals surface area contributed by atoms with Crippen molar-refractivity contribution in [3.63, 3.8) is 0 Å². The lowest BCUT2D eigenvalue weighted by atomic mass is 10.0. The number of benzene rings is 2. The van der Waals surface area contributed by atoms with Gasteiger partial charge < -0.3 is 10.4 Å². The Labute approximate surface area is 106 Å². The molecule has 0 bridgehead atoms. The van der Waals surface area contributed by atoms with Crippen LogP contribution in [0.5, 0.6) is 5.75 Å². The van der Waals surface area contributed by atoms with Crippen LogP contribution in [0.1, 0.15) is 18.4 Å². The average Bonchev–Trinajstić information content (AvgIpc) is 2.39. The number of aromatic hydroxyl groups is 1. The molecule has 3 heteroatoms. The fourth-order valence-electron chi connectivity index (χ4n) is 1.73. The summed E-state index contributed by atoms with van der Waals surface area (Å²) in [6.07, 6.45) is 0. The van der Waals surface area contributed by atoms with Crippen molar-refractivity contribution in [3.8, 4) is 5.75 Å². The first kappa shape index (κ1) is 12.2. The zero-order valence-corrected chi connectivity index (χ0v) is 10.1. The predicted octanol–water partition coefficient (Wildman–Crippen LogP) is 3.13. The molecule has 2 N–H and O–H groups in total. The summed E-state index contributed by atoms with van der Waals surface area (Å²) < 4.78 is 0. The Morgan fingerprint density at radius 2 is 1.83 bits per heavy atom. The number of phenolic OH excluding ortho intramolecular Hbond substituents is 1. The van der Waals surface area contributed by atoms with Crippen molar-refractivity contribution in [2.75, 3.05) is 5.32 Å². The second-order valence-electron chi connectivity index (χ2n) is 4.17. The van der Waals surface area contributed by atoms with Gasteiger partial charge in [0.2, 0.25) is 5.91 Å². The van der Waals surface area contributed by atoms with Gasteiger partial charge in [-0.05, 0) is 24.6 Å². The fourth-order valence-corrected chi connectivity index (χ4v) is 1.73.